The quantitative estimate of drug-likeness (QED) is 0.518. The van der Waals surface area contributed by atoms with Crippen molar-refractivity contribution in [3.63, 3.8) is 0 Å². The Morgan fingerprint density at radius 3 is 2.69 bits per heavy atom. The average Bonchev–Trinajstić information content (AvgIpc) is 3.25. The summed E-state index contributed by atoms with van der Waals surface area (Å²) in [4.78, 5) is 23.2. The molecular formula is C18H18N4O3S. The predicted molar refractivity (Wildman–Crippen MR) is 101 cm³/mol. The zero-order valence-electron chi connectivity index (χ0n) is 14.4. The molecule has 3 aromatic rings. The lowest BCUT2D eigenvalue weighted by Crippen LogP contribution is -2.10. The van der Waals surface area contributed by atoms with E-state index in [4.69, 9.17) is 0 Å². The standard InChI is InChI=1S/C18H18N4O3S/c1-12(2)14-3-5-15(6-4-14)20-18(23)17-7-13(11-26-17)9-21-10-16(8-19-21)22(24)25/h3-8,10-12H,9H2,1-2H3,(H,20,23). The van der Waals surface area contributed by atoms with Gasteiger partial charge in [-0.3, -0.25) is 19.6 Å². The van der Waals surface area contributed by atoms with Crippen molar-refractivity contribution in [2.45, 2.75) is 26.3 Å². The average molecular weight is 370 g/mol. The molecule has 0 saturated heterocycles. The van der Waals surface area contributed by atoms with E-state index in [-0.39, 0.29) is 11.6 Å². The van der Waals surface area contributed by atoms with E-state index in [0.29, 0.717) is 17.3 Å². The number of rotatable bonds is 6. The van der Waals surface area contributed by atoms with Crippen LogP contribution in [0, 0.1) is 10.1 Å². The number of nitrogens with zero attached hydrogens (tertiary/aromatic N) is 3. The molecule has 2 heterocycles. The third kappa shape index (κ3) is 4.15. The van der Waals surface area contributed by atoms with E-state index >= 15 is 0 Å². The topological polar surface area (TPSA) is 90.1 Å². The first-order valence-corrected chi connectivity index (χ1v) is 8.96. The lowest BCUT2D eigenvalue weighted by molar-refractivity contribution is -0.385. The van der Waals surface area contributed by atoms with Gasteiger partial charge in [-0.1, -0.05) is 26.0 Å². The Hall–Kier alpha value is -3.00. The fourth-order valence-electron chi connectivity index (χ4n) is 2.44. The van der Waals surface area contributed by atoms with E-state index in [0.717, 1.165) is 11.3 Å². The second-order valence-corrected chi connectivity index (χ2v) is 7.11. The van der Waals surface area contributed by atoms with Crippen LogP contribution in [0.15, 0.2) is 48.1 Å². The largest absolute Gasteiger partial charge is 0.321 e. The molecule has 0 unspecified atom stereocenters. The van der Waals surface area contributed by atoms with E-state index in [1.165, 1.54) is 34.0 Å². The lowest BCUT2D eigenvalue weighted by atomic mass is 10.0. The number of carbonyl (C=O) groups is 1. The van der Waals surface area contributed by atoms with Crippen LogP contribution in [0.25, 0.3) is 0 Å². The van der Waals surface area contributed by atoms with Gasteiger partial charge < -0.3 is 5.32 Å². The van der Waals surface area contributed by atoms with Crippen LogP contribution in [0.3, 0.4) is 0 Å². The van der Waals surface area contributed by atoms with E-state index in [9.17, 15) is 14.9 Å². The highest BCUT2D eigenvalue weighted by Gasteiger charge is 2.12. The van der Waals surface area contributed by atoms with Gasteiger partial charge in [-0.15, -0.1) is 11.3 Å². The van der Waals surface area contributed by atoms with Crippen LogP contribution in [0.1, 0.15) is 40.6 Å². The Labute approximate surface area is 154 Å². The number of anilines is 1. The first-order chi connectivity index (χ1) is 12.4. The van der Waals surface area contributed by atoms with Gasteiger partial charge in [0.15, 0.2) is 0 Å². The SMILES string of the molecule is CC(C)c1ccc(NC(=O)c2cc(Cn3cc([N+](=O)[O-])cn3)cs2)cc1. The molecule has 134 valence electrons. The molecule has 2 aromatic heterocycles. The molecule has 8 heteroatoms. The molecule has 0 fully saturated rings. The van der Waals surface area contributed by atoms with Gasteiger partial charge in [0.25, 0.3) is 5.91 Å². The lowest BCUT2D eigenvalue weighted by Gasteiger charge is -2.07. The number of aromatic nitrogens is 2. The maximum absolute atomic E-state index is 12.4. The number of thiophene rings is 1. The number of nitro groups is 1. The normalized spacial score (nSPS) is 10.9. The number of nitrogens with one attached hydrogen (secondary N) is 1. The molecular weight excluding hydrogens is 352 g/mol. The minimum atomic E-state index is -0.486. The molecule has 7 nitrogen and oxygen atoms in total. The molecule has 0 aliphatic rings. The van der Waals surface area contributed by atoms with Gasteiger partial charge in [-0.25, -0.2) is 0 Å². The van der Waals surface area contributed by atoms with Crippen molar-refractivity contribution in [3.05, 3.63) is 74.2 Å². The number of hydrogen-bond acceptors (Lipinski definition) is 5. The molecule has 0 radical (unpaired) electrons. The highest BCUT2D eigenvalue weighted by Crippen LogP contribution is 2.20. The summed E-state index contributed by atoms with van der Waals surface area (Å²) in [7, 11) is 0. The maximum atomic E-state index is 12.4. The molecule has 0 aliphatic carbocycles. The minimum Gasteiger partial charge on any atom is -0.321 e. The second-order valence-electron chi connectivity index (χ2n) is 6.20. The predicted octanol–water partition coefficient (Wildman–Crippen LogP) is 4.28. The van der Waals surface area contributed by atoms with Gasteiger partial charge in [0.05, 0.1) is 16.3 Å². The van der Waals surface area contributed by atoms with Crippen LogP contribution in [0.5, 0.6) is 0 Å². The molecule has 3 rings (SSSR count). The zero-order chi connectivity index (χ0) is 18.7. The van der Waals surface area contributed by atoms with Gasteiger partial charge in [-0.2, -0.15) is 5.10 Å². The summed E-state index contributed by atoms with van der Waals surface area (Å²) in [5.41, 5.74) is 2.78. The summed E-state index contributed by atoms with van der Waals surface area (Å²) in [5, 5.41) is 19.4. The summed E-state index contributed by atoms with van der Waals surface area (Å²) in [6.07, 6.45) is 2.58. The van der Waals surface area contributed by atoms with Gasteiger partial charge in [0.1, 0.15) is 12.4 Å². The highest BCUT2D eigenvalue weighted by molar-refractivity contribution is 7.12. The third-order valence-corrected chi connectivity index (χ3v) is 4.87. The summed E-state index contributed by atoms with van der Waals surface area (Å²) in [6.45, 7) is 4.62. The Bertz CT molecular complexity index is 928. The number of benzene rings is 1. The van der Waals surface area contributed by atoms with Gasteiger partial charge in [0, 0.05) is 5.69 Å². The summed E-state index contributed by atoms with van der Waals surface area (Å²) in [5.74, 6) is 0.266. The Kier molecular flexibility index (Phi) is 5.13. The van der Waals surface area contributed by atoms with Crippen molar-refractivity contribution in [1.82, 2.24) is 9.78 Å². The highest BCUT2D eigenvalue weighted by atomic mass is 32.1. The third-order valence-electron chi connectivity index (χ3n) is 3.89. The van der Waals surface area contributed by atoms with Gasteiger partial charge in [-0.05, 0) is 40.6 Å². The number of carbonyl (C=O) groups excluding carboxylic acids is 1. The molecule has 1 aromatic carbocycles. The van der Waals surface area contributed by atoms with E-state index in [1.54, 1.807) is 6.07 Å². The van der Waals surface area contributed by atoms with Crippen LogP contribution in [0.4, 0.5) is 11.4 Å². The smallest absolute Gasteiger partial charge is 0.307 e. The molecule has 26 heavy (non-hydrogen) atoms. The van der Waals surface area contributed by atoms with Gasteiger partial charge in [0.2, 0.25) is 0 Å². The summed E-state index contributed by atoms with van der Waals surface area (Å²) >= 11 is 1.33. The molecule has 1 N–H and O–H groups in total. The van der Waals surface area contributed by atoms with Crippen molar-refractivity contribution in [3.8, 4) is 0 Å². The van der Waals surface area contributed by atoms with E-state index in [1.807, 2.05) is 29.6 Å². The molecule has 1 amide bonds. The minimum absolute atomic E-state index is 0.0527. The molecule has 0 spiro atoms. The van der Waals surface area contributed by atoms with Crippen LogP contribution >= 0.6 is 11.3 Å². The Balaban J connectivity index is 1.64. The van der Waals surface area contributed by atoms with Crippen LogP contribution in [-0.4, -0.2) is 20.6 Å². The van der Waals surface area contributed by atoms with E-state index < -0.39 is 4.92 Å². The molecule has 0 bridgehead atoms. The van der Waals surface area contributed by atoms with Crippen molar-refractivity contribution in [2.24, 2.45) is 0 Å². The van der Waals surface area contributed by atoms with Crippen LogP contribution in [-0.2, 0) is 6.54 Å². The fourth-order valence-corrected chi connectivity index (χ4v) is 3.24. The van der Waals surface area contributed by atoms with E-state index in [2.05, 4.69) is 24.3 Å². The molecule has 0 saturated carbocycles. The number of hydrogen-bond donors (Lipinski definition) is 1. The monoisotopic (exact) mass is 370 g/mol. The van der Waals surface area contributed by atoms with Crippen molar-refractivity contribution in [2.75, 3.05) is 5.32 Å². The Morgan fingerprint density at radius 2 is 2.08 bits per heavy atom. The zero-order valence-corrected chi connectivity index (χ0v) is 15.2. The summed E-state index contributed by atoms with van der Waals surface area (Å²) < 4.78 is 1.48. The Morgan fingerprint density at radius 1 is 1.35 bits per heavy atom. The fraction of sp³-hybridized carbons (Fsp3) is 0.222. The molecule has 0 atom stereocenters. The first-order valence-electron chi connectivity index (χ1n) is 8.08. The van der Waals surface area contributed by atoms with Crippen LogP contribution < -0.4 is 5.32 Å². The first kappa shape index (κ1) is 17.8. The van der Waals surface area contributed by atoms with Crippen LogP contribution in [0.2, 0.25) is 0 Å². The maximum Gasteiger partial charge on any atom is 0.307 e. The second kappa shape index (κ2) is 7.49. The van der Waals surface area contributed by atoms with Crippen molar-refractivity contribution < 1.29 is 9.72 Å². The van der Waals surface area contributed by atoms with Gasteiger partial charge >= 0.3 is 5.69 Å². The van der Waals surface area contributed by atoms with Crippen molar-refractivity contribution >= 4 is 28.6 Å². The number of amides is 1. The summed E-state index contributed by atoms with van der Waals surface area (Å²) in [6, 6.07) is 9.57. The van der Waals surface area contributed by atoms with Crippen molar-refractivity contribution in [1.29, 1.82) is 0 Å². The molecule has 0 aliphatic heterocycles.